The van der Waals surface area contributed by atoms with Crippen LogP contribution in [0.3, 0.4) is 0 Å². The average molecular weight is 425 g/mol. The quantitative estimate of drug-likeness (QED) is 0.424. The number of carboxylic acid groups (broad SMARTS) is 1. The van der Waals surface area contributed by atoms with Gasteiger partial charge in [-0.2, -0.15) is 0 Å². The molecule has 0 aliphatic carbocycles. The predicted molar refractivity (Wildman–Crippen MR) is 106 cm³/mol. The summed E-state index contributed by atoms with van der Waals surface area (Å²) in [5, 5.41) is 10.7. The number of hydrogen-bond acceptors (Lipinski definition) is 4. The molecule has 0 heterocycles. The number of carboxylic acids is 1. The van der Waals surface area contributed by atoms with Gasteiger partial charge in [-0.25, -0.2) is 17.2 Å². The maximum absolute atomic E-state index is 13.9. The van der Waals surface area contributed by atoms with Crippen LogP contribution < -0.4 is 5.32 Å². The Morgan fingerprint density at radius 2 is 1.69 bits per heavy atom. The second kappa shape index (κ2) is 10.5. The van der Waals surface area contributed by atoms with Crippen molar-refractivity contribution in [3.05, 3.63) is 65.2 Å². The van der Waals surface area contributed by atoms with Crippen LogP contribution in [0.25, 0.3) is 0 Å². The fourth-order valence-corrected chi connectivity index (χ4v) is 4.68. The van der Waals surface area contributed by atoms with Crippen LogP contribution >= 0.6 is 0 Å². The van der Waals surface area contributed by atoms with Crippen molar-refractivity contribution in [2.45, 2.75) is 49.3 Å². The molecule has 2 aromatic rings. The standard InChI is InChI=1S/C21H25F2NO4S/c1-2-20(29(27,28)19-11-10-17(22)14-18(19)23)24-13-3-4-15-5-7-16(8-6-15)9-12-21(25)26/h5-8,10-11,14,20,24H,2-4,9,12-13H2,1H3,(H,25,26). The number of nitrogens with one attached hydrogen (secondary N) is 1. The minimum Gasteiger partial charge on any atom is -0.481 e. The summed E-state index contributed by atoms with van der Waals surface area (Å²) in [6.45, 7) is 2.10. The molecule has 2 N–H and O–H groups in total. The zero-order chi connectivity index (χ0) is 21.4. The molecule has 0 bridgehead atoms. The van der Waals surface area contributed by atoms with Crippen molar-refractivity contribution in [1.29, 1.82) is 0 Å². The summed E-state index contributed by atoms with van der Waals surface area (Å²) < 4.78 is 52.2. The van der Waals surface area contributed by atoms with Gasteiger partial charge >= 0.3 is 5.97 Å². The summed E-state index contributed by atoms with van der Waals surface area (Å²) >= 11 is 0. The van der Waals surface area contributed by atoms with Crippen molar-refractivity contribution >= 4 is 15.8 Å². The van der Waals surface area contributed by atoms with Crippen LogP contribution in [0.1, 0.15) is 37.3 Å². The molecule has 1 unspecified atom stereocenters. The molecule has 0 aliphatic heterocycles. The van der Waals surface area contributed by atoms with E-state index >= 15 is 0 Å². The Kier molecular flexibility index (Phi) is 8.28. The van der Waals surface area contributed by atoms with Crippen LogP contribution in [0.5, 0.6) is 0 Å². The smallest absolute Gasteiger partial charge is 0.303 e. The van der Waals surface area contributed by atoms with Crippen molar-refractivity contribution < 1.29 is 27.1 Å². The van der Waals surface area contributed by atoms with Crippen LogP contribution in [0.4, 0.5) is 8.78 Å². The largest absolute Gasteiger partial charge is 0.481 e. The van der Waals surface area contributed by atoms with Gasteiger partial charge in [-0.05, 0) is 55.5 Å². The molecule has 0 fully saturated rings. The molecule has 158 valence electrons. The molecule has 0 aromatic heterocycles. The number of halogens is 2. The Balaban J connectivity index is 1.88. The van der Waals surface area contributed by atoms with E-state index in [2.05, 4.69) is 5.32 Å². The van der Waals surface area contributed by atoms with Crippen LogP contribution in [-0.2, 0) is 27.5 Å². The number of benzene rings is 2. The number of hydrogen-bond donors (Lipinski definition) is 2. The Hall–Kier alpha value is -2.32. The monoisotopic (exact) mass is 425 g/mol. The van der Waals surface area contributed by atoms with Gasteiger partial charge < -0.3 is 10.4 Å². The molecule has 0 spiro atoms. The number of carbonyl (C=O) groups is 1. The fourth-order valence-electron chi connectivity index (χ4n) is 3.01. The topological polar surface area (TPSA) is 83.5 Å². The lowest BCUT2D eigenvalue weighted by Gasteiger charge is -2.18. The van der Waals surface area contributed by atoms with Gasteiger partial charge in [0.15, 0.2) is 9.84 Å². The van der Waals surface area contributed by atoms with E-state index in [1.165, 1.54) is 0 Å². The van der Waals surface area contributed by atoms with Gasteiger partial charge in [0.05, 0.1) is 0 Å². The summed E-state index contributed by atoms with van der Waals surface area (Å²) in [6, 6.07) is 10.1. The lowest BCUT2D eigenvalue weighted by molar-refractivity contribution is -0.136. The van der Waals surface area contributed by atoms with Crippen molar-refractivity contribution in [2.75, 3.05) is 6.54 Å². The van der Waals surface area contributed by atoms with Gasteiger partial charge in [-0.15, -0.1) is 0 Å². The molecular weight excluding hydrogens is 400 g/mol. The fraction of sp³-hybridized carbons (Fsp3) is 0.381. The van der Waals surface area contributed by atoms with E-state index in [9.17, 15) is 22.0 Å². The zero-order valence-electron chi connectivity index (χ0n) is 16.2. The van der Waals surface area contributed by atoms with E-state index in [0.29, 0.717) is 31.9 Å². The second-order valence-corrected chi connectivity index (χ2v) is 8.88. The van der Waals surface area contributed by atoms with E-state index < -0.39 is 37.7 Å². The van der Waals surface area contributed by atoms with E-state index in [1.54, 1.807) is 6.92 Å². The lowest BCUT2D eigenvalue weighted by atomic mass is 10.0. The molecular formula is C21H25F2NO4S. The number of sulfone groups is 1. The maximum Gasteiger partial charge on any atom is 0.303 e. The third-order valence-corrected chi connectivity index (χ3v) is 6.80. The van der Waals surface area contributed by atoms with E-state index in [-0.39, 0.29) is 12.8 Å². The van der Waals surface area contributed by atoms with Crippen LogP contribution in [0.15, 0.2) is 47.4 Å². The summed E-state index contributed by atoms with van der Waals surface area (Å²) in [5.41, 5.74) is 2.01. The molecule has 29 heavy (non-hydrogen) atoms. The van der Waals surface area contributed by atoms with Gasteiger partial charge in [0.2, 0.25) is 0 Å². The highest BCUT2D eigenvalue weighted by atomic mass is 32.2. The molecule has 0 saturated carbocycles. The SMILES string of the molecule is CCC(NCCCc1ccc(CCC(=O)O)cc1)S(=O)(=O)c1ccc(F)cc1F. The molecule has 0 amide bonds. The van der Waals surface area contributed by atoms with Gasteiger partial charge in [-0.1, -0.05) is 31.2 Å². The Morgan fingerprint density at radius 3 is 2.24 bits per heavy atom. The predicted octanol–water partition coefficient (Wildman–Crippen LogP) is 3.71. The first-order chi connectivity index (χ1) is 13.7. The van der Waals surface area contributed by atoms with Gasteiger partial charge in [0.1, 0.15) is 21.9 Å². The molecule has 2 aromatic carbocycles. The first-order valence-corrected chi connectivity index (χ1v) is 11.0. The number of aryl methyl sites for hydroxylation is 2. The third kappa shape index (κ3) is 6.61. The van der Waals surface area contributed by atoms with Crippen molar-refractivity contribution in [2.24, 2.45) is 0 Å². The van der Waals surface area contributed by atoms with Crippen LogP contribution in [0.2, 0.25) is 0 Å². The Bertz CT molecular complexity index is 930. The Labute approximate surface area is 169 Å². The second-order valence-electron chi connectivity index (χ2n) is 6.78. The molecule has 0 saturated heterocycles. The number of aliphatic carboxylic acids is 1. The average Bonchev–Trinajstić information content (AvgIpc) is 2.66. The minimum absolute atomic E-state index is 0.0881. The van der Waals surface area contributed by atoms with Crippen molar-refractivity contribution in [3.8, 4) is 0 Å². The molecule has 1 atom stereocenters. The normalized spacial score (nSPS) is 12.7. The van der Waals surface area contributed by atoms with Gasteiger partial charge in [0, 0.05) is 12.5 Å². The highest BCUT2D eigenvalue weighted by Gasteiger charge is 2.28. The zero-order valence-corrected chi connectivity index (χ0v) is 17.0. The van der Waals surface area contributed by atoms with Crippen LogP contribution in [0, 0.1) is 11.6 Å². The maximum atomic E-state index is 13.9. The first kappa shape index (κ1) is 23.0. The summed E-state index contributed by atoms with van der Waals surface area (Å²) in [6.07, 6.45) is 2.20. The highest BCUT2D eigenvalue weighted by molar-refractivity contribution is 7.92. The van der Waals surface area contributed by atoms with Crippen LogP contribution in [-0.4, -0.2) is 31.4 Å². The lowest BCUT2D eigenvalue weighted by Crippen LogP contribution is -2.37. The number of rotatable bonds is 11. The Morgan fingerprint density at radius 1 is 1.07 bits per heavy atom. The van der Waals surface area contributed by atoms with Gasteiger partial charge in [0.25, 0.3) is 0 Å². The third-order valence-electron chi connectivity index (χ3n) is 4.61. The van der Waals surface area contributed by atoms with Crippen molar-refractivity contribution in [3.63, 3.8) is 0 Å². The summed E-state index contributed by atoms with van der Waals surface area (Å²) in [7, 11) is -3.96. The highest BCUT2D eigenvalue weighted by Crippen LogP contribution is 2.21. The first-order valence-electron chi connectivity index (χ1n) is 9.46. The molecule has 2 rings (SSSR count). The van der Waals surface area contributed by atoms with Crippen molar-refractivity contribution in [1.82, 2.24) is 5.32 Å². The molecule has 0 aliphatic rings. The van der Waals surface area contributed by atoms with E-state index in [4.69, 9.17) is 5.11 Å². The molecule has 8 heteroatoms. The van der Waals surface area contributed by atoms with E-state index in [0.717, 1.165) is 23.3 Å². The summed E-state index contributed by atoms with van der Waals surface area (Å²) in [4.78, 5) is 10.1. The summed E-state index contributed by atoms with van der Waals surface area (Å²) in [5.74, 6) is -2.74. The molecule has 0 radical (unpaired) electrons. The van der Waals surface area contributed by atoms with Gasteiger partial charge in [-0.3, -0.25) is 4.79 Å². The molecule has 5 nitrogen and oxygen atoms in total. The minimum atomic E-state index is -3.96. The van der Waals surface area contributed by atoms with E-state index in [1.807, 2.05) is 24.3 Å².